The second-order valence-electron chi connectivity index (χ2n) is 1.68. The minimum absolute atomic E-state index is 0.546. The largest absolute Gasteiger partial charge is 0.478 e. The molecule has 0 aliphatic carbocycles. The molecule has 0 aromatic carbocycles. The van der Waals surface area contributed by atoms with E-state index in [0.29, 0.717) is 12.2 Å². The van der Waals surface area contributed by atoms with Crippen LogP contribution in [-0.4, -0.2) is 23.0 Å². The number of rotatable bonds is 3. The van der Waals surface area contributed by atoms with E-state index in [1.165, 1.54) is 0 Å². The number of hydrogen-bond donors (Lipinski definition) is 1. The minimum Gasteiger partial charge on any atom is -0.478 e. The second kappa shape index (κ2) is 5.53. The molecule has 0 heterocycles. The van der Waals surface area contributed by atoms with E-state index >= 15 is 0 Å². The first-order valence-electron chi connectivity index (χ1n) is 3.02. The highest BCUT2D eigenvalue weighted by Crippen LogP contribution is 1.86. The fraction of sp³-hybridized carbons (Fsp3) is 0. The molecule has 0 saturated heterocycles. The zero-order chi connectivity index (χ0) is 10.3. The van der Waals surface area contributed by atoms with Crippen molar-refractivity contribution in [3.8, 4) is 0 Å². The number of aliphatic carboxylic acids is 1. The van der Waals surface area contributed by atoms with Crippen molar-refractivity contribution >= 4 is 17.9 Å². The van der Waals surface area contributed by atoms with Crippen LogP contribution in [0.4, 0.5) is 0 Å². The summed E-state index contributed by atoms with van der Waals surface area (Å²) < 4.78 is 0. The van der Waals surface area contributed by atoms with Crippen molar-refractivity contribution in [1.82, 2.24) is 0 Å². The molecule has 1 N–H and O–H groups in total. The molecule has 6 nitrogen and oxygen atoms in total. The van der Waals surface area contributed by atoms with Crippen LogP contribution in [0.2, 0.25) is 0 Å². The number of carbonyl (C=O) groups is 3. The zero-order valence-corrected chi connectivity index (χ0v) is 6.43. The molecule has 0 saturated carbocycles. The monoisotopic (exact) mass is 186 g/mol. The Bertz CT molecular complexity index is 264. The molecule has 0 spiro atoms. The summed E-state index contributed by atoms with van der Waals surface area (Å²) in [5.41, 5.74) is 0. The lowest BCUT2D eigenvalue weighted by molar-refractivity contribution is -0.250. The summed E-state index contributed by atoms with van der Waals surface area (Å²) in [6.07, 6.45) is 1.93. The fourth-order valence-electron chi connectivity index (χ4n) is 0.283. The highest BCUT2D eigenvalue weighted by atomic mass is 17.2. The van der Waals surface area contributed by atoms with Crippen molar-refractivity contribution in [1.29, 1.82) is 0 Å². The van der Waals surface area contributed by atoms with Gasteiger partial charge in [-0.05, 0) is 0 Å². The predicted octanol–water partition coefficient (Wildman–Crippen LogP) is -0.185. The van der Waals surface area contributed by atoms with E-state index in [1.807, 2.05) is 0 Å². The molecular weight excluding hydrogens is 180 g/mol. The van der Waals surface area contributed by atoms with Gasteiger partial charge in [-0.15, -0.1) is 0 Å². The van der Waals surface area contributed by atoms with E-state index in [-0.39, 0.29) is 0 Å². The number of carboxylic acid groups (broad SMARTS) is 1. The molecular formula is C7H6O6. The van der Waals surface area contributed by atoms with Crippen molar-refractivity contribution in [2.45, 2.75) is 0 Å². The summed E-state index contributed by atoms with van der Waals surface area (Å²) in [6, 6.07) is 0. The van der Waals surface area contributed by atoms with Crippen LogP contribution in [0.1, 0.15) is 0 Å². The Hall–Kier alpha value is -2.11. The van der Waals surface area contributed by atoms with Gasteiger partial charge in [-0.2, -0.15) is 0 Å². The summed E-state index contributed by atoms with van der Waals surface area (Å²) >= 11 is 0. The summed E-state index contributed by atoms with van der Waals surface area (Å²) in [5.74, 6) is -3.36. The van der Waals surface area contributed by atoms with Crippen molar-refractivity contribution in [2.24, 2.45) is 0 Å². The van der Waals surface area contributed by atoms with E-state index < -0.39 is 17.9 Å². The summed E-state index contributed by atoms with van der Waals surface area (Å²) in [5, 5.41) is 8.07. The van der Waals surface area contributed by atoms with Gasteiger partial charge in [0, 0.05) is 18.2 Å². The van der Waals surface area contributed by atoms with Gasteiger partial charge in [-0.25, -0.2) is 24.2 Å². The van der Waals surface area contributed by atoms with Crippen LogP contribution in [0.15, 0.2) is 24.8 Å². The predicted molar refractivity (Wildman–Crippen MR) is 39.2 cm³/mol. The lowest BCUT2D eigenvalue weighted by Gasteiger charge is -1.95. The standard InChI is InChI=1S/C7H6O6/c1-2-6(10)12-13-7(11)4-3-5(8)9/h2-4H,1H2,(H,8,9)/b4-3+. The molecule has 0 aliphatic rings. The first kappa shape index (κ1) is 10.9. The van der Waals surface area contributed by atoms with Crippen LogP contribution in [0.5, 0.6) is 0 Å². The molecule has 6 heteroatoms. The van der Waals surface area contributed by atoms with E-state index in [4.69, 9.17) is 5.11 Å². The van der Waals surface area contributed by atoms with E-state index in [9.17, 15) is 14.4 Å². The summed E-state index contributed by atoms with van der Waals surface area (Å²) in [4.78, 5) is 38.3. The van der Waals surface area contributed by atoms with Gasteiger partial charge in [0.25, 0.3) is 0 Å². The van der Waals surface area contributed by atoms with Crippen LogP contribution in [-0.2, 0) is 24.2 Å². The lowest BCUT2D eigenvalue weighted by Crippen LogP contribution is -2.07. The van der Waals surface area contributed by atoms with E-state index in [0.717, 1.165) is 6.08 Å². The fourth-order valence-corrected chi connectivity index (χ4v) is 0.283. The molecule has 0 aliphatic heterocycles. The van der Waals surface area contributed by atoms with Crippen LogP contribution in [0.25, 0.3) is 0 Å². The molecule has 0 radical (unpaired) electrons. The van der Waals surface area contributed by atoms with E-state index in [1.54, 1.807) is 0 Å². The maximum atomic E-state index is 10.5. The van der Waals surface area contributed by atoms with Gasteiger partial charge in [-0.3, -0.25) is 0 Å². The molecule has 0 unspecified atom stereocenters. The Labute approximate surface area is 73.0 Å². The first-order valence-corrected chi connectivity index (χ1v) is 3.02. The maximum absolute atomic E-state index is 10.5. The molecule has 0 aromatic rings. The Morgan fingerprint density at radius 2 is 1.62 bits per heavy atom. The summed E-state index contributed by atoms with van der Waals surface area (Å²) in [6.45, 7) is 3.03. The quantitative estimate of drug-likeness (QED) is 0.373. The van der Waals surface area contributed by atoms with Crippen molar-refractivity contribution < 1.29 is 29.3 Å². The molecule has 0 bridgehead atoms. The SMILES string of the molecule is C=CC(=O)OOC(=O)/C=C/C(=O)O. The normalized spacial score (nSPS) is 9.23. The van der Waals surface area contributed by atoms with Crippen LogP contribution in [0.3, 0.4) is 0 Å². The Morgan fingerprint density at radius 3 is 2.08 bits per heavy atom. The maximum Gasteiger partial charge on any atom is 0.379 e. The van der Waals surface area contributed by atoms with Crippen molar-refractivity contribution in [2.75, 3.05) is 0 Å². The topological polar surface area (TPSA) is 89.9 Å². The number of hydrogen-bond acceptors (Lipinski definition) is 5. The summed E-state index contributed by atoms with van der Waals surface area (Å²) in [7, 11) is 0. The third-order valence-electron chi connectivity index (χ3n) is 0.735. The second-order valence-corrected chi connectivity index (χ2v) is 1.68. The van der Waals surface area contributed by atoms with Gasteiger partial charge in [0.05, 0.1) is 0 Å². The Morgan fingerprint density at radius 1 is 1.08 bits per heavy atom. The van der Waals surface area contributed by atoms with Crippen LogP contribution >= 0.6 is 0 Å². The Balaban J connectivity index is 3.82. The number of carboxylic acids is 1. The van der Waals surface area contributed by atoms with Crippen LogP contribution < -0.4 is 0 Å². The molecule has 70 valence electrons. The minimum atomic E-state index is -1.31. The average Bonchev–Trinajstić information content (AvgIpc) is 2.10. The highest BCUT2D eigenvalue weighted by Gasteiger charge is 2.02. The molecule has 0 aromatic heterocycles. The Kier molecular flexibility index (Phi) is 4.63. The van der Waals surface area contributed by atoms with Gasteiger partial charge >= 0.3 is 17.9 Å². The molecule has 0 amide bonds. The van der Waals surface area contributed by atoms with Gasteiger partial charge in [-0.1, -0.05) is 6.58 Å². The number of carbonyl (C=O) groups excluding carboxylic acids is 2. The third-order valence-corrected chi connectivity index (χ3v) is 0.735. The molecule has 0 rings (SSSR count). The van der Waals surface area contributed by atoms with Gasteiger partial charge in [0.15, 0.2) is 0 Å². The van der Waals surface area contributed by atoms with E-state index in [2.05, 4.69) is 16.4 Å². The lowest BCUT2D eigenvalue weighted by atomic mass is 10.5. The average molecular weight is 186 g/mol. The third kappa shape index (κ3) is 6.29. The zero-order valence-electron chi connectivity index (χ0n) is 6.43. The molecule has 13 heavy (non-hydrogen) atoms. The molecule has 0 atom stereocenters. The van der Waals surface area contributed by atoms with Gasteiger partial charge in [0.1, 0.15) is 0 Å². The van der Waals surface area contributed by atoms with Gasteiger partial charge in [0.2, 0.25) is 0 Å². The van der Waals surface area contributed by atoms with Crippen molar-refractivity contribution in [3.63, 3.8) is 0 Å². The van der Waals surface area contributed by atoms with Crippen LogP contribution in [0, 0.1) is 0 Å². The highest BCUT2D eigenvalue weighted by molar-refractivity contribution is 5.91. The molecule has 0 fully saturated rings. The van der Waals surface area contributed by atoms with Gasteiger partial charge < -0.3 is 5.11 Å². The van der Waals surface area contributed by atoms with Crippen molar-refractivity contribution in [3.05, 3.63) is 24.8 Å². The first-order chi connectivity index (χ1) is 6.06. The smallest absolute Gasteiger partial charge is 0.379 e.